The monoisotopic (exact) mass is 238 g/mol. The third kappa shape index (κ3) is 2.14. The van der Waals surface area contributed by atoms with Gasteiger partial charge in [0, 0.05) is 18.6 Å². The topological polar surface area (TPSA) is 26.3 Å². The van der Waals surface area contributed by atoms with Crippen LogP contribution in [0.25, 0.3) is 0 Å². The number of ether oxygens (including phenoxy) is 1. The lowest BCUT2D eigenvalue weighted by molar-refractivity contribution is -0.0242. The Balaban J connectivity index is 2.00. The Bertz CT molecular complexity index is 237. The van der Waals surface area contributed by atoms with E-state index < -0.39 is 16.0 Å². The lowest BCUT2D eigenvalue weighted by atomic mass is 9.79. The molecule has 0 radical (unpaired) electrons. The quantitative estimate of drug-likeness (QED) is 0.651. The summed E-state index contributed by atoms with van der Waals surface area (Å²) in [6.45, 7) is 0. The normalized spacial score (nSPS) is 48.6. The van der Waals surface area contributed by atoms with Gasteiger partial charge in [-0.2, -0.15) is 0 Å². The molecule has 0 spiro atoms. The van der Waals surface area contributed by atoms with Crippen LogP contribution < -0.4 is 0 Å². The minimum Gasteiger partial charge on any atom is -0.378 e. The second-order valence-electron chi connectivity index (χ2n) is 4.04. The average molecular weight is 238 g/mol. The molecule has 2 rings (SSSR count). The summed E-state index contributed by atoms with van der Waals surface area (Å²) in [6, 6.07) is 0. The Hall–Kier alpha value is 0.390. The van der Waals surface area contributed by atoms with Gasteiger partial charge in [0.15, 0.2) is 0 Å². The number of methoxy groups -OCH3 is 1. The predicted molar refractivity (Wildman–Crippen MR) is 57.4 cm³/mol. The van der Waals surface area contributed by atoms with Gasteiger partial charge < -0.3 is 4.74 Å². The zero-order valence-corrected chi connectivity index (χ0v) is 9.78. The lowest BCUT2D eigenvalue weighted by Crippen LogP contribution is -2.42. The van der Waals surface area contributed by atoms with Crippen molar-refractivity contribution in [3.8, 4) is 0 Å². The van der Waals surface area contributed by atoms with Crippen molar-refractivity contribution < 1.29 is 13.3 Å². The Morgan fingerprint density at radius 1 is 1.43 bits per heavy atom. The number of alkyl halides is 1. The third-order valence-corrected chi connectivity index (χ3v) is 6.33. The van der Waals surface area contributed by atoms with E-state index in [1.807, 2.05) is 0 Å². The molecule has 5 unspecified atom stereocenters. The highest BCUT2D eigenvalue weighted by molar-refractivity contribution is 8.69. The van der Waals surface area contributed by atoms with Crippen LogP contribution in [-0.4, -0.2) is 35.1 Å². The standard InChI is InChI=1S/C9H15FO2S2/c1-12-9-3-6-4-13-14(11)5-7(6)2-8(9)10/h6-9H,2-5H2,1H3. The predicted octanol–water partition coefficient (Wildman–Crippen LogP) is 1.78. The SMILES string of the molecule is COC1CC2CSS(=O)CC2CC1F. The van der Waals surface area contributed by atoms with E-state index in [0.717, 1.165) is 12.2 Å². The van der Waals surface area contributed by atoms with E-state index in [0.29, 0.717) is 24.0 Å². The Labute approximate surface area is 89.8 Å². The number of halogens is 1. The largest absolute Gasteiger partial charge is 0.378 e. The summed E-state index contributed by atoms with van der Waals surface area (Å²) in [7, 11) is 2.31. The fourth-order valence-corrected chi connectivity index (χ4v) is 5.69. The van der Waals surface area contributed by atoms with Crippen LogP contribution in [0.15, 0.2) is 0 Å². The minimum absolute atomic E-state index is 0.233. The van der Waals surface area contributed by atoms with Crippen molar-refractivity contribution in [2.75, 3.05) is 18.6 Å². The van der Waals surface area contributed by atoms with Gasteiger partial charge in [-0.3, -0.25) is 0 Å². The van der Waals surface area contributed by atoms with E-state index in [9.17, 15) is 8.60 Å². The van der Waals surface area contributed by atoms with Crippen molar-refractivity contribution in [3.05, 3.63) is 0 Å². The molecule has 82 valence electrons. The van der Waals surface area contributed by atoms with Gasteiger partial charge in [-0.25, -0.2) is 8.60 Å². The van der Waals surface area contributed by atoms with Crippen LogP contribution in [0.5, 0.6) is 0 Å². The minimum atomic E-state index is -0.860. The molecule has 0 aromatic heterocycles. The summed E-state index contributed by atoms with van der Waals surface area (Å²) in [4.78, 5) is 0. The van der Waals surface area contributed by atoms with E-state index in [1.165, 1.54) is 10.8 Å². The summed E-state index contributed by atoms with van der Waals surface area (Å²) in [5.74, 6) is 2.41. The van der Waals surface area contributed by atoms with E-state index in [1.54, 1.807) is 7.11 Å². The molecule has 14 heavy (non-hydrogen) atoms. The molecule has 5 atom stereocenters. The molecule has 1 aliphatic carbocycles. The molecule has 1 heterocycles. The molecule has 2 fully saturated rings. The maximum absolute atomic E-state index is 13.5. The molecule has 0 amide bonds. The second-order valence-corrected chi connectivity index (χ2v) is 7.37. The van der Waals surface area contributed by atoms with Crippen LogP contribution in [0.2, 0.25) is 0 Å². The first-order chi connectivity index (χ1) is 6.70. The first kappa shape index (κ1) is 10.9. The number of fused-ring (bicyclic) bond motifs is 1. The first-order valence-corrected chi connectivity index (χ1v) is 7.71. The van der Waals surface area contributed by atoms with Crippen LogP contribution in [0.3, 0.4) is 0 Å². The van der Waals surface area contributed by atoms with Crippen molar-refractivity contribution in [2.24, 2.45) is 11.8 Å². The van der Waals surface area contributed by atoms with Crippen molar-refractivity contribution in [2.45, 2.75) is 25.1 Å². The van der Waals surface area contributed by atoms with Crippen LogP contribution >= 0.6 is 10.8 Å². The van der Waals surface area contributed by atoms with Crippen LogP contribution in [0, 0.1) is 11.8 Å². The molecule has 0 aromatic rings. The highest BCUT2D eigenvalue weighted by atomic mass is 33.1. The fraction of sp³-hybridized carbons (Fsp3) is 1.00. The van der Waals surface area contributed by atoms with Crippen LogP contribution in [0.1, 0.15) is 12.8 Å². The van der Waals surface area contributed by atoms with Crippen molar-refractivity contribution in [1.82, 2.24) is 0 Å². The van der Waals surface area contributed by atoms with Crippen LogP contribution in [-0.2, 0) is 14.6 Å². The van der Waals surface area contributed by atoms with Gasteiger partial charge >= 0.3 is 0 Å². The first-order valence-electron chi connectivity index (χ1n) is 4.89. The van der Waals surface area contributed by atoms with E-state index in [2.05, 4.69) is 0 Å². The summed E-state index contributed by atoms with van der Waals surface area (Å²) in [5.41, 5.74) is 0. The molecule has 2 nitrogen and oxygen atoms in total. The summed E-state index contributed by atoms with van der Waals surface area (Å²) in [6.07, 6.45) is 0.242. The van der Waals surface area contributed by atoms with Gasteiger partial charge in [0.1, 0.15) is 6.17 Å². The molecule has 5 heteroatoms. The zero-order valence-electron chi connectivity index (χ0n) is 8.15. The summed E-state index contributed by atoms with van der Waals surface area (Å²) in [5, 5.41) is 0. The molecule has 0 aromatic carbocycles. The van der Waals surface area contributed by atoms with Gasteiger partial charge in [-0.05, 0) is 24.7 Å². The fourth-order valence-electron chi connectivity index (χ4n) is 2.31. The van der Waals surface area contributed by atoms with E-state index in [4.69, 9.17) is 4.74 Å². The average Bonchev–Trinajstić information content (AvgIpc) is 2.16. The molecule has 2 aliphatic rings. The molecule has 1 saturated carbocycles. The molecular weight excluding hydrogens is 223 g/mol. The van der Waals surface area contributed by atoms with Gasteiger partial charge in [0.05, 0.1) is 15.9 Å². The Morgan fingerprint density at radius 3 is 2.93 bits per heavy atom. The summed E-state index contributed by atoms with van der Waals surface area (Å²) < 4.78 is 29.9. The van der Waals surface area contributed by atoms with Crippen LogP contribution in [0.4, 0.5) is 4.39 Å². The molecule has 1 aliphatic heterocycles. The Kier molecular flexibility index (Phi) is 3.50. The lowest BCUT2D eigenvalue weighted by Gasteiger charge is -2.39. The smallest absolute Gasteiger partial charge is 0.126 e. The van der Waals surface area contributed by atoms with Gasteiger partial charge in [0.25, 0.3) is 0 Å². The highest BCUT2D eigenvalue weighted by Crippen LogP contribution is 2.40. The summed E-state index contributed by atoms with van der Waals surface area (Å²) >= 11 is 0. The maximum Gasteiger partial charge on any atom is 0.126 e. The zero-order chi connectivity index (χ0) is 10.1. The maximum atomic E-state index is 13.5. The number of rotatable bonds is 1. The highest BCUT2D eigenvalue weighted by Gasteiger charge is 2.40. The molecule has 1 saturated heterocycles. The van der Waals surface area contributed by atoms with E-state index in [-0.39, 0.29) is 6.10 Å². The Morgan fingerprint density at radius 2 is 2.21 bits per heavy atom. The van der Waals surface area contributed by atoms with Crippen molar-refractivity contribution in [1.29, 1.82) is 0 Å². The van der Waals surface area contributed by atoms with Gasteiger partial charge in [0.2, 0.25) is 0 Å². The van der Waals surface area contributed by atoms with Gasteiger partial charge in [-0.1, -0.05) is 10.8 Å². The van der Waals surface area contributed by atoms with Gasteiger partial charge in [-0.15, -0.1) is 0 Å². The number of hydrogen-bond acceptors (Lipinski definition) is 3. The molecule has 0 N–H and O–H groups in total. The van der Waals surface area contributed by atoms with Crippen molar-refractivity contribution >= 4 is 20.6 Å². The number of hydrogen-bond donors (Lipinski definition) is 0. The van der Waals surface area contributed by atoms with E-state index >= 15 is 0 Å². The second kappa shape index (κ2) is 4.49. The van der Waals surface area contributed by atoms with Crippen molar-refractivity contribution in [3.63, 3.8) is 0 Å². The third-order valence-electron chi connectivity index (χ3n) is 3.20. The molecular formula is C9H15FO2S2. The molecule has 0 bridgehead atoms.